The van der Waals surface area contributed by atoms with Crippen molar-refractivity contribution in [3.05, 3.63) is 23.8 Å². The van der Waals surface area contributed by atoms with Gasteiger partial charge in [0.15, 0.2) is 0 Å². The Kier molecular flexibility index (Phi) is 5.97. The number of nitrogens with zero attached hydrogens (tertiary/aromatic N) is 1. The number of sulfonamides is 1. The number of aryl methyl sites for hydroxylation is 1. The fraction of sp³-hybridized carbons (Fsp3) is 0.533. The molecule has 1 aliphatic heterocycles. The molecule has 1 aromatic carbocycles. The number of carbonyl (C=O) groups is 1. The number of anilines is 1. The summed E-state index contributed by atoms with van der Waals surface area (Å²) in [4.78, 5) is 13.9. The molecule has 0 bridgehead atoms. The Hall–Kier alpha value is -1.64. The van der Waals surface area contributed by atoms with Gasteiger partial charge in [-0.2, -0.15) is 0 Å². The van der Waals surface area contributed by atoms with Gasteiger partial charge in [0.25, 0.3) is 0 Å². The van der Waals surface area contributed by atoms with Gasteiger partial charge in [-0.25, -0.2) is 13.1 Å². The maximum Gasteiger partial charge on any atom is 0.242 e. The monoisotopic (exact) mass is 342 g/mol. The van der Waals surface area contributed by atoms with Crippen LogP contribution in [0.3, 0.4) is 0 Å². The highest BCUT2D eigenvalue weighted by atomic mass is 32.2. The summed E-state index contributed by atoms with van der Waals surface area (Å²) in [6, 6.07) is 5.56. The third-order valence-electron chi connectivity index (χ3n) is 3.42. The Morgan fingerprint density at radius 2 is 2.22 bits per heavy atom. The second kappa shape index (κ2) is 7.76. The van der Waals surface area contributed by atoms with Crippen molar-refractivity contribution in [3.8, 4) is 5.75 Å². The zero-order chi connectivity index (χ0) is 16.9. The van der Waals surface area contributed by atoms with Crippen LogP contribution in [0.25, 0.3) is 0 Å². The molecule has 2 rings (SSSR count). The van der Waals surface area contributed by atoms with E-state index in [1.54, 1.807) is 11.8 Å². The molecule has 1 aromatic rings. The number of benzene rings is 1. The fourth-order valence-corrected chi connectivity index (χ4v) is 3.06. The van der Waals surface area contributed by atoms with Crippen molar-refractivity contribution in [2.45, 2.75) is 13.8 Å². The molecule has 0 saturated carbocycles. The standard InChI is InChI=1S/C15H22N2O5S/c1-3-21-8-9-23(19,20)16-11-15(18)17-6-7-22-14-10-12(2)4-5-13(14)17/h4-5,10,16H,3,6-9,11H2,1-2H3. The van der Waals surface area contributed by atoms with Gasteiger partial charge < -0.3 is 14.4 Å². The van der Waals surface area contributed by atoms with Gasteiger partial charge in [-0.15, -0.1) is 0 Å². The highest BCUT2D eigenvalue weighted by Gasteiger charge is 2.24. The van der Waals surface area contributed by atoms with Gasteiger partial charge in [0.05, 0.1) is 31.1 Å². The Labute approximate surface area is 136 Å². The van der Waals surface area contributed by atoms with Gasteiger partial charge in [0, 0.05) is 6.61 Å². The van der Waals surface area contributed by atoms with Crippen LogP contribution < -0.4 is 14.4 Å². The summed E-state index contributed by atoms with van der Waals surface area (Å²) >= 11 is 0. The van der Waals surface area contributed by atoms with E-state index in [-0.39, 0.29) is 24.8 Å². The third-order valence-corrected chi connectivity index (χ3v) is 4.71. The van der Waals surface area contributed by atoms with Crippen LogP contribution in [0.4, 0.5) is 5.69 Å². The summed E-state index contributed by atoms with van der Waals surface area (Å²) in [5.74, 6) is 0.176. The van der Waals surface area contributed by atoms with Crippen molar-refractivity contribution >= 4 is 21.6 Å². The van der Waals surface area contributed by atoms with Crippen molar-refractivity contribution in [1.82, 2.24) is 4.72 Å². The van der Waals surface area contributed by atoms with Gasteiger partial charge >= 0.3 is 0 Å². The number of hydrogen-bond donors (Lipinski definition) is 1. The molecule has 0 atom stereocenters. The lowest BCUT2D eigenvalue weighted by atomic mass is 10.1. The van der Waals surface area contributed by atoms with E-state index in [0.717, 1.165) is 5.56 Å². The molecule has 1 aliphatic rings. The van der Waals surface area contributed by atoms with Crippen LogP contribution in [-0.4, -0.2) is 53.0 Å². The molecule has 0 unspecified atom stereocenters. The van der Waals surface area contributed by atoms with E-state index in [0.29, 0.717) is 31.2 Å². The van der Waals surface area contributed by atoms with E-state index >= 15 is 0 Å². The van der Waals surface area contributed by atoms with E-state index in [2.05, 4.69) is 4.72 Å². The van der Waals surface area contributed by atoms with Crippen LogP contribution in [0, 0.1) is 6.92 Å². The Bertz CT molecular complexity index is 660. The van der Waals surface area contributed by atoms with E-state index in [9.17, 15) is 13.2 Å². The van der Waals surface area contributed by atoms with Crippen molar-refractivity contribution in [2.24, 2.45) is 0 Å². The number of rotatable bonds is 7. The zero-order valence-electron chi connectivity index (χ0n) is 13.4. The van der Waals surface area contributed by atoms with Crippen LogP contribution in [0.5, 0.6) is 5.75 Å². The lowest BCUT2D eigenvalue weighted by Crippen LogP contribution is -2.44. The van der Waals surface area contributed by atoms with Gasteiger partial charge in [0.1, 0.15) is 12.4 Å². The number of ether oxygens (including phenoxy) is 2. The average Bonchev–Trinajstić information content (AvgIpc) is 2.52. The quantitative estimate of drug-likeness (QED) is 0.737. The molecule has 0 aliphatic carbocycles. The van der Waals surface area contributed by atoms with Gasteiger partial charge in [0.2, 0.25) is 15.9 Å². The summed E-state index contributed by atoms with van der Waals surface area (Å²) in [5, 5.41) is 0. The average molecular weight is 342 g/mol. The Morgan fingerprint density at radius 1 is 1.43 bits per heavy atom. The van der Waals surface area contributed by atoms with Gasteiger partial charge in [-0.3, -0.25) is 4.79 Å². The molecule has 7 nitrogen and oxygen atoms in total. The Balaban J connectivity index is 1.97. The first-order valence-corrected chi connectivity index (χ1v) is 9.17. The Morgan fingerprint density at radius 3 is 2.96 bits per heavy atom. The van der Waals surface area contributed by atoms with Crippen molar-refractivity contribution in [2.75, 3.05) is 43.6 Å². The molecule has 0 aromatic heterocycles. The summed E-state index contributed by atoms with van der Waals surface area (Å²) in [6.45, 7) is 4.81. The van der Waals surface area contributed by atoms with E-state index in [1.807, 2.05) is 25.1 Å². The molecule has 1 heterocycles. The SMILES string of the molecule is CCOCCS(=O)(=O)NCC(=O)N1CCOc2cc(C)ccc21. The molecule has 1 amide bonds. The topological polar surface area (TPSA) is 84.9 Å². The third kappa shape index (κ3) is 4.92. The lowest BCUT2D eigenvalue weighted by Gasteiger charge is -2.29. The molecule has 0 saturated heterocycles. The van der Waals surface area contributed by atoms with E-state index in [1.165, 1.54) is 0 Å². The van der Waals surface area contributed by atoms with Gasteiger partial charge in [-0.1, -0.05) is 6.07 Å². The summed E-state index contributed by atoms with van der Waals surface area (Å²) < 4.78 is 36.5. The van der Waals surface area contributed by atoms with Crippen molar-refractivity contribution in [3.63, 3.8) is 0 Å². The first-order valence-electron chi connectivity index (χ1n) is 7.52. The second-order valence-electron chi connectivity index (χ2n) is 5.20. The minimum atomic E-state index is -3.53. The molecule has 1 N–H and O–H groups in total. The first kappa shape index (κ1) is 17.7. The molecule has 8 heteroatoms. The molecule has 0 fully saturated rings. The number of nitrogens with one attached hydrogen (secondary N) is 1. The molecular formula is C15H22N2O5S. The van der Waals surface area contributed by atoms with E-state index < -0.39 is 10.0 Å². The van der Waals surface area contributed by atoms with Crippen molar-refractivity contribution < 1.29 is 22.7 Å². The van der Waals surface area contributed by atoms with Crippen LogP contribution >= 0.6 is 0 Å². The predicted molar refractivity (Wildman–Crippen MR) is 87.3 cm³/mol. The predicted octanol–water partition coefficient (Wildman–Crippen LogP) is 0.676. The smallest absolute Gasteiger partial charge is 0.242 e. The summed E-state index contributed by atoms with van der Waals surface area (Å²) in [6.07, 6.45) is 0. The van der Waals surface area contributed by atoms with Crippen LogP contribution in [0.15, 0.2) is 18.2 Å². The maximum absolute atomic E-state index is 12.3. The number of amides is 1. The largest absolute Gasteiger partial charge is 0.490 e. The number of fused-ring (bicyclic) bond motifs is 1. The summed E-state index contributed by atoms with van der Waals surface area (Å²) in [7, 11) is -3.53. The summed E-state index contributed by atoms with van der Waals surface area (Å²) in [5.41, 5.74) is 1.70. The zero-order valence-corrected chi connectivity index (χ0v) is 14.2. The molecular weight excluding hydrogens is 320 g/mol. The highest BCUT2D eigenvalue weighted by Crippen LogP contribution is 2.32. The molecule has 0 radical (unpaired) electrons. The first-order chi connectivity index (χ1) is 10.9. The highest BCUT2D eigenvalue weighted by molar-refractivity contribution is 7.89. The normalized spacial score (nSPS) is 14.3. The fourth-order valence-electron chi connectivity index (χ4n) is 2.24. The van der Waals surface area contributed by atoms with E-state index in [4.69, 9.17) is 9.47 Å². The molecule has 0 spiro atoms. The second-order valence-corrected chi connectivity index (χ2v) is 7.13. The molecule has 23 heavy (non-hydrogen) atoms. The maximum atomic E-state index is 12.3. The van der Waals surface area contributed by atoms with Crippen LogP contribution in [0.2, 0.25) is 0 Å². The van der Waals surface area contributed by atoms with Crippen LogP contribution in [0.1, 0.15) is 12.5 Å². The minimum Gasteiger partial charge on any atom is -0.490 e. The van der Waals surface area contributed by atoms with Crippen LogP contribution in [-0.2, 0) is 19.6 Å². The number of hydrogen-bond acceptors (Lipinski definition) is 5. The molecule has 128 valence electrons. The van der Waals surface area contributed by atoms with Crippen molar-refractivity contribution in [1.29, 1.82) is 0 Å². The van der Waals surface area contributed by atoms with Gasteiger partial charge in [-0.05, 0) is 31.5 Å². The number of carbonyl (C=O) groups excluding carboxylic acids is 1. The minimum absolute atomic E-state index is 0.111. The lowest BCUT2D eigenvalue weighted by molar-refractivity contribution is -0.117.